The summed E-state index contributed by atoms with van der Waals surface area (Å²) in [5.41, 5.74) is 0.977. The van der Waals surface area contributed by atoms with E-state index in [9.17, 15) is 9.59 Å². The van der Waals surface area contributed by atoms with E-state index in [4.69, 9.17) is 4.74 Å². The van der Waals surface area contributed by atoms with Crippen LogP contribution in [-0.4, -0.2) is 18.9 Å². The van der Waals surface area contributed by atoms with Crippen molar-refractivity contribution in [1.82, 2.24) is 0 Å². The van der Waals surface area contributed by atoms with Gasteiger partial charge in [0.1, 0.15) is 11.7 Å². The Morgan fingerprint density at radius 3 is 2.29 bits per heavy atom. The third-order valence-electron chi connectivity index (χ3n) is 2.98. The molecule has 0 aliphatic heterocycles. The lowest BCUT2D eigenvalue weighted by atomic mass is 9.84. The van der Waals surface area contributed by atoms with E-state index in [0.29, 0.717) is 6.42 Å². The fourth-order valence-electron chi connectivity index (χ4n) is 1.91. The molecule has 0 radical (unpaired) electrons. The molecule has 0 saturated heterocycles. The predicted octanol–water partition coefficient (Wildman–Crippen LogP) is 2.56. The highest BCUT2D eigenvalue weighted by Gasteiger charge is 2.32. The average molecular weight is 234 g/mol. The molecule has 3 heteroatoms. The number of ketones is 1. The highest BCUT2D eigenvalue weighted by molar-refractivity contribution is 5.99. The summed E-state index contributed by atoms with van der Waals surface area (Å²) in [7, 11) is 1.32. The van der Waals surface area contributed by atoms with Crippen molar-refractivity contribution in [3.63, 3.8) is 0 Å². The Hall–Kier alpha value is -1.64. The van der Waals surface area contributed by atoms with Crippen molar-refractivity contribution in [2.24, 2.45) is 5.92 Å². The lowest BCUT2D eigenvalue weighted by molar-refractivity contribution is -0.150. The van der Waals surface area contributed by atoms with Crippen LogP contribution in [0.4, 0.5) is 0 Å². The Balaban J connectivity index is 2.99. The largest absolute Gasteiger partial charge is 0.468 e. The number of Topliss-reactive ketones (excluding diaryl/α,β-unsaturated/α-hetero) is 1. The first kappa shape index (κ1) is 13.4. The first-order valence-corrected chi connectivity index (χ1v) is 5.77. The third-order valence-corrected chi connectivity index (χ3v) is 2.98. The summed E-state index contributed by atoms with van der Waals surface area (Å²) in [6.07, 6.45) is 0.344. The normalized spacial score (nSPS) is 13.8. The minimum Gasteiger partial charge on any atom is -0.468 e. The summed E-state index contributed by atoms with van der Waals surface area (Å²) in [5.74, 6) is -1.38. The highest BCUT2D eigenvalue weighted by Crippen LogP contribution is 2.26. The van der Waals surface area contributed by atoms with Crippen LogP contribution in [0.1, 0.15) is 31.7 Å². The van der Waals surface area contributed by atoms with Crippen LogP contribution < -0.4 is 0 Å². The fourth-order valence-corrected chi connectivity index (χ4v) is 1.91. The van der Waals surface area contributed by atoms with Gasteiger partial charge in [0.2, 0.25) is 0 Å². The quantitative estimate of drug-likeness (QED) is 0.581. The molecule has 0 amide bonds. The molecule has 17 heavy (non-hydrogen) atoms. The van der Waals surface area contributed by atoms with Gasteiger partial charge in [0.15, 0.2) is 0 Å². The zero-order chi connectivity index (χ0) is 12.8. The lowest BCUT2D eigenvalue weighted by Crippen LogP contribution is -2.29. The van der Waals surface area contributed by atoms with E-state index < -0.39 is 11.9 Å². The van der Waals surface area contributed by atoms with E-state index in [-0.39, 0.29) is 11.7 Å². The van der Waals surface area contributed by atoms with Gasteiger partial charge in [0.25, 0.3) is 0 Å². The van der Waals surface area contributed by atoms with E-state index in [1.54, 1.807) is 6.92 Å². The standard InChI is InChI=1S/C14H18O3/c1-4-12(15)13(14(16)17-3)10(2)11-8-6-5-7-9-11/h5-10,13H,4H2,1-3H3. The molecule has 2 atom stereocenters. The Morgan fingerprint density at radius 2 is 1.82 bits per heavy atom. The van der Waals surface area contributed by atoms with Crippen molar-refractivity contribution in [2.45, 2.75) is 26.2 Å². The highest BCUT2D eigenvalue weighted by atomic mass is 16.5. The summed E-state index contributed by atoms with van der Waals surface area (Å²) >= 11 is 0. The maximum atomic E-state index is 11.8. The number of hydrogen-bond donors (Lipinski definition) is 0. The summed E-state index contributed by atoms with van der Waals surface area (Å²) in [5, 5.41) is 0. The smallest absolute Gasteiger partial charge is 0.316 e. The van der Waals surface area contributed by atoms with Gasteiger partial charge in [-0.25, -0.2) is 0 Å². The minimum atomic E-state index is -0.701. The molecular weight excluding hydrogens is 216 g/mol. The Labute approximate surface area is 102 Å². The van der Waals surface area contributed by atoms with E-state index in [1.165, 1.54) is 7.11 Å². The first-order valence-electron chi connectivity index (χ1n) is 5.77. The topological polar surface area (TPSA) is 43.4 Å². The molecule has 0 aromatic heterocycles. The molecule has 1 aromatic carbocycles. The molecule has 0 bridgehead atoms. The number of methoxy groups -OCH3 is 1. The zero-order valence-electron chi connectivity index (χ0n) is 10.5. The van der Waals surface area contributed by atoms with Gasteiger partial charge in [0, 0.05) is 12.3 Å². The number of ether oxygens (including phenoxy) is 1. The molecule has 0 aliphatic rings. The van der Waals surface area contributed by atoms with Gasteiger partial charge in [-0.1, -0.05) is 44.2 Å². The zero-order valence-corrected chi connectivity index (χ0v) is 10.5. The van der Waals surface area contributed by atoms with Gasteiger partial charge in [-0.2, -0.15) is 0 Å². The molecule has 3 nitrogen and oxygen atoms in total. The van der Waals surface area contributed by atoms with Crippen LogP contribution in [0, 0.1) is 5.92 Å². The molecule has 0 spiro atoms. The molecule has 0 saturated carbocycles. The van der Waals surface area contributed by atoms with Crippen LogP contribution in [0.25, 0.3) is 0 Å². The molecule has 0 aliphatic carbocycles. The van der Waals surface area contributed by atoms with Crippen LogP contribution in [0.5, 0.6) is 0 Å². The predicted molar refractivity (Wildman–Crippen MR) is 65.7 cm³/mol. The van der Waals surface area contributed by atoms with Crippen molar-refractivity contribution in [2.75, 3.05) is 7.11 Å². The first-order chi connectivity index (χ1) is 8.11. The van der Waals surface area contributed by atoms with Crippen LogP contribution >= 0.6 is 0 Å². The Kier molecular flexibility index (Phi) is 4.88. The van der Waals surface area contributed by atoms with Gasteiger partial charge < -0.3 is 4.74 Å². The van der Waals surface area contributed by atoms with Crippen LogP contribution in [0.15, 0.2) is 30.3 Å². The van der Waals surface area contributed by atoms with Crippen LogP contribution in [0.3, 0.4) is 0 Å². The van der Waals surface area contributed by atoms with Gasteiger partial charge in [-0.05, 0) is 5.56 Å². The van der Waals surface area contributed by atoms with Gasteiger partial charge in [-0.3, -0.25) is 9.59 Å². The lowest BCUT2D eigenvalue weighted by Gasteiger charge is -2.20. The minimum absolute atomic E-state index is 0.0757. The summed E-state index contributed by atoms with van der Waals surface area (Å²) in [6, 6.07) is 9.55. The summed E-state index contributed by atoms with van der Waals surface area (Å²) in [6.45, 7) is 3.64. The molecule has 92 valence electrons. The maximum Gasteiger partial charge on any atom is 0.316 e. The third kappa shape index (κ3) is 3.16. The van der Waals surface area contributed by atoms with E-state index >= 15 is 0 Å². The van der Waals surface area contributed by atoms with Crippen molar-refractivity contribution >= 4 is 11.8 Å². The second-order valence-corrected chi connectivity index (χ2v) is 4.02. The van der Waals surface area contributed by atoms with E-state index in [2.05, 4.69) is 0 Å². The molecular formula is C14H18O3. The number of benzene rings is 1. The van der Waals surface area contributed by atoms with Gasteiger partial charge >= 0.3 is 5.97 Å². The molecule has 0 heterocycles. The molecule has 0 N–H and O–H groups in total. The Bertz CT molecular complexity index is 368. The van der Waals surface area contributed by atoms with E-state index in [1.807, 2.05) is 37.3 Å². The van der Waals surface area contributed by atoms with Gasteiger partial charge in [0.05, 0.1) is 7.11 Å². The summed E-state index contributed by atoms with van der Waals surface area (Å²) < 4.78 is 4.72. The van der Waals surface area contributed by atoms with Crippen molar-refractivity contribution in [1.29, 1.82) is 0 Å². The number of esters is 1. The molecule has 2 unspecified atom stereocenters. The van der Waals surface area contributed by atoms with Crippen LogP contribution in [-0.2, 0) is 14.3 Å². The van der Waals surface area contributed by atoms with E-state index in [0.717, 1.165) is 5.56 Å². The summed E-state index contributed by atoms with van der Waals surface area (Å²) in [4.78, 5) is 23.5. The monoisotopic (exact) mass is 234 g/mol. The molecule has 0 fully saturated rings. The maximum absolute atomic E-state index is 11.8. The average Bonchev–Trinajstić information content (AvgIpc) is 2.39. The SMILES string of the molecule is CCC(=O)C(C(=O)OC)C(C)c1ccccc1. The number of rotatable bonds is 5. The molecule has 1 rings (SSSR count). The number of carbonyl (C=O) groups excluding carboxylic acids is 2. The number of carbonyl (C=O) groups is 2. The van der Waals surface area contributed by atoms with Crippen molar-refractivity contribution in [3.05, 3.63) is 35.9 Å². The number of hydrogen-bond acceptors (Lipinski definition) is 3. The molecule has 1 aromatic rings. The van der Waals surface area contributed by atoms with Gasteiger partial charge in [-0.15, -0.1) is 0 Å². The van der Waals surface area contributed by atoms with Crippen LogP contribution in [0.2, 0.25) is 0 Å². The second kappa shape index (κ2) is 6.18. The fraction of sp³-hybridized carbons (Fsp3) is 0.429. The van der Waals surface area contributed by atoms with Crippen molar-refractivity contribution < 1.29 is 14.3 Å². The second-order valence-electron chi connectivity index (χ2n) is 4.02. The Morgan fingerprint density at radius 1 is 1.24 bits per heavy atom. The van der Waals surface area contributed by atoms with Crippen molar-refractivity contribution in [3.8, 4) is 0 Å².